The molecule has 2 heterocycles. The van der Waals surface area contributed by atoms with Gasteiger partial charge in [0.15, 0.2) is 0 Å². The number of rotatable bonds is 7. The summed E-state index contributed by atoms with van der Waals surface area (Å²) in [4.78, 5) is 29.9. The molecule has 2 aliphatic rings. The number of benzene rings is 2. The maximum Gasteiger partial charge on any atom is 0.258 e. The first kappa shape index (κ1) is 24.2. The van der Waals surface area contributed by atoms with E-state index in [2.05, 4.69) is 10.2 Å². The minimum atomic E-state index is -1.42. The summed E-state index contributed by atoms with van der Waals surface area (Å²) < 4.78 is 0. The van der Waals surface area contributed by atoms with Crippen LogP contribution in [0.4, 0.5) is 0 Å². The smallest absolute Gasteiger partial charge is 0.258 e. The predicted molar refractivity (Wildman–Crippen MR) is 133 cm³/mol. The van der Waals surface area contributed by atoms with E-state index < -0.39 is 5.60 Å². The van der Waals surface area contributed by atoms with E-state index in [1.165, 1.54) is 19.4 Å². The summed E-state index contributed by atoms with van der Waals surface area (Å²) in [7, 11) is 0. The third-order valence-corrected chi connectivity index (χ3v) is 6.90. The molecule has 0 spiro atoms. The molecule has 1 unspecified atom stereocenters. The van der Waals surface area contributed by atoms with Crippen LogP contribution in [0.5, 0.6) is 0 Å². The lowest BCUT2D eigenvalue weighted by Crippen LogP contribution is -2.44. The van der Waals surface area contributed by atoms with Crippen LogP contribution < -0.4 is 5.32 Å². The first-order valence-corrected chi connectivity index (χ1v) is 12.0. The monoisotopic (exact) mass is 461 g/mol. The lowest BCUT2D eigenvalue weighted by molar-refractivity contribution is -0.137. The standard InChI is InChI=1S/C28H35N3O3/c1-19-9-8-10-20(2)25(19)26(32)31-17-22-15-30(16-23(22)18-31)14-13-24(21-11-6-5-7-12-21)29-27(33)28(3,4)34/h5-12,17,23-24,34H,13-16,18H2,1-4H3,(H,29,33)/t23?,24-/m0/s1. The Hall–Kier alpha value is -2.96. The molecule has 0 aromatic heterocycles. The molecule has 2 aromatic carbocycles. The highest BCUT2D eigenvalue weighted by molar-refractivity contribution is 5.98. The van der Waals surface area contributed by atoms with E-state index in [-0.39, 0.29) is 17.9 Å². The number of carbonyl (C=O) groups is 2. The molecule has 34 heavy (non-hydrogen) atoms. The van der Waals surface area contributed by atoms with Crippen molar-refractivity contribution in [1.29, 1.82) is 0 Å². The predicted octanol–water partition coefficient (Wildman–Crippen LogP) is 3.59. The molecule has 1 fully saturated rings. The zero-order valence-electron chi connectivity index (χ0n) is 20.5. The summed E-state index contributed by atoms with van der Waals surface area (Å²) in [5.74, 6) is 0.0694. The quantitative estimate of drug-likeness (QED) is 0.661. The van der Waals surface area contributed by atoms with Crippen molar-refractivity contribution in [3.63, 3.8) is 0 Å². The van der Waals surface area contributed by atoms with E-state index in [9.17, 15) is 14.7 Å². The Bertz CT molecular complexity index is 1070. The number of carbonyl (C=O) groups excluding carboxylic acids is 2. The zero-order chi connectivity index (χ0) is 24.5. The van der Waals surface area contributed by atoms with Crippen molar-refractivity contribution in [2.24, 2.45) is 5.92 Å². The minimum absolute atomic E-state index is 0.0857. The molecule has 2 N–H and O–H groups in total. The SMILES string of the molecule is Cc1cccc(C)c1C(=O)N1C=C2CN(CC[C@H](NC(=O)C(C)(C)O)c3ccccc3)CC2C1. The Balaban J connectivity index is 1.39. The number of likely N-dealkylation sites (tertiary alicyclic amines) is 1. The van der Waals surface area contributed by atoms with Crippen molar-refractivity contribution in [3.05, 3.63) is 82.6 Å². The van der Waals surface area contributed by atoms with Crippen molar-refractivity contribution in [2.45, 2.75) is 45.8 Å². The molecule has 180 valence electrons. The topological polar surface area (TPSA) is 72.9 Å². The molecule has 4 rings (SSSR count). The Labute approximate surface area is 202 Å². The number of aliphatic hydroxyl groups is 1. The summed E-state index contributed by atoms with van der Waals surface area (Å²) >= 11 is 0. The van der Waals surface area contributed by atoms with Crippen LogP contribution in [0.2, 0.25) is 0 Å². The van der Waals surface area contributed by atoms with Crippen LogP contribution in [0, 0.1) is 19.8 Å². The first-order valence-electron chi connectivity index (χ1n) is 12.0. The summed E-state index contributed by atoms with van der Waals surface area (Å²) in [6.45, 7) is 10.3. The molecule has 0 saturated carbocycles. The second-order valence-corrected chi connectivity index (χ2v) is 10.1. The van der Waals surface area contributed by atoms with Gasteiger partial charge in [0.25, 0.3) is 11.8 Å². The fraction of sp³-hybridized carbons (Fsp3) is 0.429. The van der Waals surface area contributed by atoms with Crippen molar-refractivity contribution in [3.8, 4) is 0 Å². The second kappa shape index (κ2) is 9.72. The van der Waals surface area contributed by atoms with Gasteiger partial charge in [-0.25, -0.2) is 0 Å². The van der Waals surface area contributed by atoms with E-state index in [1.807, 2.05) is 73.5 Å². The maximum absolute atomic E-state index is 13.2. The largest absolute Gasteiger partial charge is 0.381 e. The van der Waals surface area contributed by atoms with Crippen molar-refractivity contribution in [1.82, 2.24) is 15.1 Å². The lowest BCUT2D eigenvalue weighted by Gasteiger charge is -2.26. The molecule has 2 amide bonds. The average molecular weight is 462 g/mol. The molecule has 1 saturated heterocycles. The number of hydrogen-bond acceptors (Lipinski definition) is 4. The molecule has 0 radical (unpaired) electrons. The van der Waals surface area contributed by atoms with Gasteiger partial charge in [0.2, 0.25) is 0 Å². The van der Waals surface area contributed by atoms with Gasteiger partial charge in [0.05, 0.1) is 6.04 Å². The van der Waals surface area contributed by atoms with E-state index in [0.717, 1.165) is 54.9 Å². The van der Waals surface area contributed by atoms with Gasteiger partial charge in [0.1, 0.15) is 5.60 Å². The summed E-state index contributed by atoms with van der Waals surface area (Å²) in [6.07, 6.45) is 2.79. The molecule has 6 nitrogen and oxygen atoms in total. The zero-order valence-corrected chi connectivity index (χ0v) is 20.5. The molecule has 0 aliphatic carbocycles. The summed E-state index contributed by atoms with van der Waals surface area (Å²) in [5.41, 5.74) is 3.75. The van der Waals surface area contributed by atoms with Crippen LogP contribution in [-0.4, -0.2) is 58.5 Å². The number of nitrogens with one attached hydrogen (secondary N) is 1. The van der Waals surface area contributed by atoms with Gasteiger partial charge in [-0.1, -0.05) is 48.5 Å². The fourth-order valence-corrected chi connectivity index (χ4v) is 4.95. The fourth-order valence-electron chi connectivity index (χ4n) is 4.95. The normalized spacial score (nSPS) is 19.0. The van der Waals surface area contributed by atoms with Crippen molar-refractivity contribution in [2.75, 3.05) is 26.2 Å². The number of fused-ring (bicyclic) bond motifs is 1. The van der Waals surface area contributed by atoms with Gasteiger partial charge in [-0.3, -0.25) is 14.5 Å². The highest BCUT2D eigenvalue weighted by atomic mass is 16.3. The molecule has 0 bridgehead atoms. The minimum Gasteiger partial charge on any atom is -0.381 e. The van der Waals surface area contributed by atoms with Gasteiger partial charge < -0.3 is 15.3 Å². The molecule has 2 aromatic rings. The third-order valence-electron chi connectivity index (χ3n) is 6.90. The number of nitrogens with zero attached hydrogens (tertiary/aromatic N) is 2. The van der Waals surface area contributed by atoms with E-state index in [0.29, 0.717) is 5.92 Å². The lowest BCUT2D eigenvalue weighted by atomic mass is 10.0. The molecule has 6 heteroatoms. The molecule has 2 atom stereocenters. The number of hydrogen-bond donors (Lipinski definition) is 2. The van der Waals surface area contributed by atoms with Gasteiger partial charge >= 0.3 is 0 Å². The van der Waals surface area contributed by atoms with Gasteiger partial charge in [-0.05, 0) is 56.4 Å². The second-order valence-electron chi connectivity index (χ2n) is 10.1. The van der Waals surface area contributed by atoms with Gasteiger partial charge in [-0.2, -0.15) is 0 Å². The third kappa shape index (κ3) is 5.24. The highest BCUT2D eigenvalue weighted by Gasteiger charge is 2.36. The van der Waals surface area contributed by atoms with Crippen LogP contribution >= 0.6 is 0 Å². The maximum atomic E-state index is 13.2. The Morgan fingerprint density at radius 1 is 1.06 bits per heavy atom. The Morgan fingerprint density at radius 2 is 1.74 bits per heavy atom. The molecular weight excluding hydrogens is 426 g/mol. The van der Waals surface area contributed by atoms with Gasteiger partial charge in [-0.15, -0.1) is 0 Å². The highest BCUT2D eigenvalue weighted by Crippen LogP contribution is 2.32. The van der Waals surface area contributed by atoms with Gasteiger partial charge in [0, 0.05) is 43.9 Å². The van der Waals surface area contributed by atoms with E-state index >= 15 is 0 Å². The van der Waals surface area contributed by atoms with Crippen LogP contribution in [-0.2, 0) is 4.79 Å². The Morgan fingerprint density at radius 3 is 2.35 bits per heavy atom. The van der Waals surface area contributed by atoms with Crippen molar-refractivity contribution >= 4 is 11.8 Å². The van der Waals surface area contributed by atoms with E-state index in [4.69, 9.17) is 0 Å². The first-order chi connectivity index (χ1) is 16.1. The van der Waals surface area contributed by atoms with Crippen LogP contribution in [0.1, 0.15) is 53.4 Å². The van der Waals surface area contributed by atoms with Crippen LogP contribution in [0.3, 0.4) is 0 Å². The molecular formula is C28H35N3O3. The van der Waals surface area contributed by atoms with Crippen molar-refractivity contribution < 1.29 is 14.7 Å². The molecule has 2 aliphatic heterocycles. The Kier molecular flexibility index (Phi) is 6.91. The number of aryl methyl sites for hydroxylation is 2. The van der Waals surface area contributed by atoms with Crippen LogP contribution in [0.15, 0.2) is 60.3 Å². The summed E-state index contributed by atoms with van der Waals surface area (Å²) in [6, 6.07) is 15.7. The van der Waals surface area contributed by atoms with Crippen LogP contribution in [0.25, 0.3) is 0 Å². The summed E-state index contributed by atoms with van der Waals surface area (Å²) in [5, 5.41) is 13.1. The van der Waals surface area contributed by atoms with E-state index in [1.54, 1.807) is 0 Å². The average Bonchev–Trinajstić information content (AvgIpc) is 3.35. The number of amides is 2.